The van der Waals surface area contributed by atoms with Crippen LogP contribution >= 0.6 is 0 Å². The molecule has 0 aromatic carbocycles. The molecule has 0 rings (SSSR count). The molecule has 0 radical (unpaired) electrons. The Morgan fingerprint density at radius 1 is 1.33 bits per heavy atom. The summed E-state index contributed by atoms with van der Waals surface area (Å²) in [6.07, 6.45) is 5.05. The number of nitrogens with one attached hydrogen (secondary N) is 1. The SMILES string of the molecule is C=C/C=C(\C=C)NCC(=O)N(C)C.CC. The van der Waals surface area contributed by atoms with Crippen LogP contribution in [0.2, 0.25) is 0 Å². The zero-order valence-electron chi connectivity index (χ0n) is 10.2. The minimum Gasteiger partial charge on any atom is -0.376 e. The van der Waals surface area contributed by atoms with E-state index in [0.717, 1.165) is 5.70 Å². The number of amides is 1. The van der Waals surface area contributed by atoms with Crippen LogP contribution in [0.5, 0.6) is 0 Å². The first kappa shape index (κ1) is 15.9. The molecule has 0 spiro atoms. The van der Waals surface area contributed by atoms with Crippen molar-refractivity contribution in [3.8, 4) is 0 Å². The Kier molecular flexibility index (Phi) is 11.2. The molecule has 0 aliphatic carbocycles. The summed E-state index contributed by atoms with van der Waals surface area (Å²) in [6, 6.07) is 0. The lowest BCUT2D eigenvalue weighted by atomic mass is 10.3. The van der Waals surface area contributed by atoms with Crippen LogP contribution in [-0.4, -0.2) is 31.4 Å². The Labute approximate surface area is 93.2 Å². The topological polar surface area (TPSA) is 32.3 Å². The van der Waals surface area contributed by atoms with Gasteiger partial charge in [0.05, 0.1) is 6.54 Å². The Bertz CT molecular complexity index is 230. The molecule has 15 heavy (non-hydrogen) atoms. The predicted molar refractivity (Wildman–Crippen MR) is 66.5 cm³/mol. The summed E-state index contributed by atoms with van der Waals surface area (Å²) in [5.74, 6) is 0.0248. The van der Waals surface area contributed by atoms with Gasteiger partial charge in [-0.05, 0) is 12.2 Å². The van der Waals surface area contributed by atoms with Gasteiger partial charge in [-0.25, -0.2) is 0 Å². The Balaban J connectivity index is 0. The maximum absolute atomic E-state index is 11.1. The smallest absolute Gasteiger partial charge is 0.241 e. The van der Waals surface area contributed by atoms with E-state index < -0.39 is 0 Å². The number of hydrogen-bond acceptors (Lipinski definition) is 2. The molecule has 0 atom stereocenters. The molecule has 0 bridgehead atoms. The van der Waals surface area contributed by atoms with E-state index in [2.05, 4.69) is 18.5 Å². The third-order valence-corrected chi connectivity index (χ3v) is 1.46. The minimum absolute atomic E-state index is 0.0248. The first-order chi connectivity index (χ1) is 7.11. The van der Waals surface area contributed by atoms with Crippen LogP contribution in [0.25, 0.3) is 0 Å². The van der Waals surface area contributed by atoms with E-state index in [1.165, 1.54) is 4.90 Å². The van der Waals surface area contributed by atoms with Crippen molar-refractivity contribution in [2.75, 3.05) is 20.6 Å². The molecule has 3 nitrogen and oxygen atoms in total. The number of carbonyl (C=O) groups is 1. The summed E-state index contributed by atoms with van der Waals surface area (Å²) in [4.78, 5) is 12.7. The van der Waals surface area contributed by atoms with Crippen molar-refractivity contribution >= 4 is 5.91 Å². The molecule has 0 saturated carbocycles. The van der Waals surface area contributed by atoms with Gasteiger partial charge >= 0.3 is 0 Å². The van der Waals surface area contributed by atoms with E-state index in [4.69, 9.17) is 0 Å². The second-order valence-corrected chi connectivity index (χ2v) is 2.70. The van der Waals surface area contributed by atoms with Gasteiger partial charge in [0.2, 0.25) is 5.91 Å². The van der Waals surface area contributed by atoms with Gasteiger partial charge in [-0.15, -0.1) is 0 Å². The molecular weight excluding hydrogens is 188 g/mol. The second kappa shape index (κ2) is 10.6. The van der Waals surface area contributed by atoms with Crippen LogP contribution in [0.4, 0.5) is 0 Å². The predicted octanol–water partition coefficient (Wildman–Crippen LogP) is 1.95. The Hall–Kier alpha value is -1.51. The van der Waals surface area contributed by atoms with Crippen molar-refractivity contribution in [1.82, 2.24) is 10.2 Å². The van der Waals surface area contributed by atoms with Gasteiger partial charge in [-0.1, -0.05) is 33.1 Å². The molecule has 0 aliphatic heterocycles. The number of allylic oxidation sites excluding steroid dienone is 3. The highest BCUT2D eigenvalue weighted by atomic mass is 16.2. The standard InChI is InChI=1S/C10H16N2O.C2H6/c1-5-7-9(6-2)11-8-10(13)12(3)4;1-2/h5-7,11H,1-2,8H2,3-4H3;1-2H3/b9-7+;. The van der Waals surface area contributed by atoms with E-state index in [9.17, 15) is 4.79 Å². The highest BCUT2D eigenvalue weighted by Crippen LogP contribution is 1.90. The molecule has 86 valence electrons. The van der Waals surface area contributed by atoms with Crippen LogP contribution in [0.3, 0.4) is 0 Å². The fourth-order valence-electron chi connectivity index (χ4n) is 0.662. The van der Waals surface area contributed by atoms with Crippen LogP contribution in [0.1, 0.15) is 13.8 Å². The van der Waals surface area contributed by atoms with Gasteiger partial charge < -0.3 is 10.2 Å². The maximum atomic E-state index is 11.1. The van der Waals surface area contributed by atoms with Crippen molar-refractivity contribution in [3.05, 3.63) is 37.1 Å². The molecule has 0 saturated heterocycles. The third kappa shape index (κ3) is 8.81. The molecule has 0 heterocycles. The molecule has 0 fully saturated rings. The first-order valence-electron chi connectivity index (χ1n) is 5.01. The lowest BCUT2D eigenvalue weighted by Crippen LogP contribution is -2.32. The highest BCUT2D eigenvalue weighted by Gasteiger charge is 2.01. The molecule has 0 unspecified atom stereocenters. The largest absolute Gasteiger partial charge is 0.376 e. The van der Waals surface area contributed by atoms with Gasteiger partial charge in [0.15, 0.2) is 0 Å². The fourth-order valence-corrected chi connectivity index (χ4v) is 0.662. The van der Waals surface area contributed by atoms with Crippen molar-refractivity contribution < 1.29 is 4.79 Å². The van der Waals surface area contributed by atoms with Gasteiger partial charge in [0, 0.05) is 19.8 Å². The number of likely N-dealkylation sites (N-methyl/N-ethyl adjacent to an activating group) is 1. The van der Waals surface area contributed by atoms with E-state index >= 15 is 0 Å². The van der Waals surface area contributed by atoms with E-state index in [-0.39, 0.29) is 12.5 Å². The van der Waals surface area contributed by atoms with Crippen LogP contribution in [0, 0.1) is 0 Å². The van der Waals surface area contributed by atoms with E-state index in [1.54, 1.807) is 32.3 Å². The average Bonchev–Trinajstić information content (AvgIpc) is 2.26. The van der Waals surface area contributed by atoms with Crippen molar-refractivity contribution in [1.29, 1.82) is 0 Å². The number of carbonyl (C=O) groups excluding carboxylic acids is 1. The first-order valence-corrected chi connectivity index (χ1v) is 5.01. The molecule has 3 heteroatoms. The second-order valence-electron chi connectivity index (χ2n) is 2.70. The number of hydrogen-bond donors (Lipinski definition) is 1. The summed E-state index contributed by atoms with van der Waals surface area (Å²) in [5.41, 5.74) is 0.796. The van der Waals surface area contributed by atoms with E-state index in [0.29, 0.717) is 0 Å². The van der Waals surface area contributed by atoms with Crippen molar-refractivity contribution in [3.63, 3.8) is 0 Å². The molecule has 1 N–H and O–H groups in total. The third-order valence-electron chi connectivity index (χ3n) is 1.46. The summed E-state index contributed by atoms with van der Waals surface area (Å²) < 4.78 is 0. The molecule has 0 aliphatic rings. The summed E-state index contributed by atoms with van der Waals surface area (Å²) in [6.45, 7) is 11.4. The summed E-state index contributed by atoms with van der Waals surface area (Å²) >= 11 is 0. The van der Waals surface area contributed by atoms with Gasteiger partial charge in [-0.2, -0.15) is 0 Å². The van der Waals surface area contributed by atoms with Crippen LogP contribution in [-0.2, 0) is 4.79 Å². The van der Waals surface area contributed by atoms with Crippen LogP contribution in [0.15, 0.2) is 37.1 Å². The maximum Gasteiger partial charge on any atom is 0.241 e. The zero-order valence-corrected chi connectivity index (χ0v) is 10.2. The van der Waals surface area contributed by atoms with Crippen molar-refractivity contribution in [2.24, 2.45) is 0 Å². The Morgan fingerprint density at radius 3 is 2.20 bits per heavy atom. The number of rotatable bonds is 5. The minimum atomic E-state index is 0.0248. The molecule has 0 aromatic rings. The normalized spacial score (nSPS) is 9.47. The zero-order chi connectivity index (χ0) is 12.3. The highest BCUT2D eigenvalue weighted by molar-refractivity contribution is 5.77. The average molecular weight is 210 g/mol. The lowest BCUT2D eigenvalue weighted by Gasteiger charge is -2.11. The molecule has 1 amide bonds. The van der Waals surface area contributed by atoms with Gasteiger partial charge in [0.1, 0.15) is 0 Å². The summed E-state index contributed by atoms with van der Waals surface area (Å²) in [7, 11) is 3.43. The van der Waals surface area contributed by atoms with Gasteiger partial charge in [0.25, 0.3) is 0 Å². The lowest BCUT2D eigenvalue weighted by molar-refractivity contribution is -0.127. The molecular formula is C12H22N2O. The van der Waals surface area contributed by atoms with Crippen molar-refractivity contribution in [2.45, 2.75) is 13.8 Å². The van der Waals surface area contributed by atoms with Crippen LogP contribution < -0.4 is 5.32 Å². The fraction of sp³-hybridized carbons (Fsp3) is 0.417. The van der Waals surface area contributed by atoms with Gasteiger partial charge in [-0.3, -0.25) is 4.79 Å². The van der Waals surface area contributed by atoms with E-state index in [1.807, 2.05) is 13.8 Å². The summed E-state index contributed by atoms with van der Waals surface area (Å²) in [5, 5.41) is 2.93. The Morgan fingerprint density at radius 2 is 1.87 bits per heavy atom. The number of nitrogens with zero attached hydrogens (tertiary/aromatic N) is 1. The molecule has 0 aromatic heterocycles. The quantitative estimate of drug-likeness (QED) is 0.703. The monoisotopic (exact) mass is 210 g/mol.